The monoisotopic (exact) mass is 268 g/mol. The molecule has 19 heavy (non-hydrogen) atoms. The number of rotatable bonds is 6. The molecule has 0 unspecified atom stereocenters. The van der Waals surface area contributed by atoms with Crippen molar-refractivity contribution in [1.82, 2.24) is 5.32 Å². The van der Waals surface area contributed by atoms with Gasteiger partial charge in [-0.25, -0.2) is 4.79 Å². The van der Waals surface area contributed by atoms with Crippen molar-refractivity contribution in [2.45, 2.75) is 26.3 Å². The quantitative estimate of drug-likeness (QED) is 0.697. The SMILES string of the molecule is CC(C)C[C@@H](NC(=O)c1coc(C(N)=O)c1)C(=O)O. The Kier molecular flexibility index (Phi) is 4.68. The summed E-state index contributed by atoms with van der Waals surface area (Å²) in [5, 5.41) is 11.4. The van der Waals surface area contributed by atoms with Gasteiger partial charge in [-0.05, 0) is 12.3 Å². The first-order valence-electron chi connectivity index (χ1n) is 5.73. The summed E-state index contributed by atoms with van der Waals surface area (Å²) >= 11 is 0. The molecule has 0 fully saturated rings. The van der Waals surface area contributed by atoms with E-state index in [4.69, 9.17) is 15.3 Å². The van der Waals surface area contributed by atoms with Crippen LogP contribution in [-0.2, 0) is 4.79 Å². The van der Waals surface area contributed by atoms with Crippen molar-refractivity contribution in [3.63, 3.8) is 0 Å². The second kappa shape index (κ2) is 6.03. The van der Waals surface area contributed by atoms with Gasteiger partial charge in [-0.3, -0.25) is 9.59 Å². The minimum absolute atomic E-state index is 0.0591. The highest BCUT2D eigenvalue weighted by Gasteiger charge is 2.23. The lowest BCUT2D eigenvalue weighted by Crippen LogP contribution is -2.41. The molecular weight excluding hydrogens is 252 g/mol. The van der Waals surface area contributed by atoms with Gasteiger partial charge in [-0.15, -0.1) is 0 Å². The number of amides is 2. The molecule has 0 aliphatic carbocycles. The summed E-state index contributed by atoms with van der Waals surface area (Å²) in [7, 11) is 0. The van der Waals surface area contributed by atoms with Crippen molar-refractivity contribution in [3.05, 3.63) is 23.7 Å². The number of carboxylic acids is 1. The molecule has 0 aliphatic rings. The number of carbonyl (C=O) groups excluding carboxylic acids is 2. The largest absolute Gasteiger partial charge is 0.480 e. The van der Waals surface area contributed by atoms with Crippen LogP contribution in [0.25, 0.3) is 0 Å². The maximum atomic E-state index is 11.8. The Labute approximate surface area is 109 Å². The van der Waals surface area contributed by atoms with Gasteiger partial charge in [-0.2, -0.15) is 0 Å². The Hall–Kier alpha value is -2.31. The van der Waals surface area contributed by atoms with Gasteiger partial charge < -0.3 is 20.6 Å². The first kappa shape index (κ1) is 14.7. The third-order valence-corrected chi connectivity index (χ3v) is 2.42. The summed E-state index contributed by atoms with van der Waals surface area (Å²) in [4.78, 5) is 33.6. The fraction of sp³-hybridized carbons (Fsp3) is 0.417. The van der Waals surface area contributed by atoms with E-state index in [2.05, 4.69) is 5.32 Å². The highest BCUT2D eigenvalue weighted by molar-refractivity contribution is 5.99. The van der Waals surface area contributed by atoms with E-state index in [1.807, 2.05) is 13.8 Å². The molecule has 1 rings (SSSR count). The minimum Gasteiger partial charge on any atom is -0.480 e. The molecule has 104 valence electrons. The van der Waals surface area contributed by atoms with Gasteiger partial charge in [-0.1, -0.05) is 13.8 Å². The van der Waals surface area contributed by atoms with E-state index in [1.54, 1.807) is 0 Å². The number of aliphatic carboxylic acids is 1. The van der Waals surface area contributed by atoms with Gasteiger partial charge in [0.2, 0.25) is 0 Å². The van der Waals surface area contributed by atoms with Gasteiger partial charge in [0.25, 0.3) is 11.8 Å². The lowest BCUT2D eigenvalue weighted by atomic mass is 10.0. The van der Waals surface area contributed by atoms with Crippen LogP contribution in [0.5, 0.6) is 0 Å². The number of furan rings is 1. The highest BCUT2D eigenvalue weighted by Crippen LogP contribution is 2.09. The molecule has 0 spiro atoms. The summed E-state index contributed by atoms with van der Waals surface area (Å²) in [5.41, 5.74) is 5.04. The summed E-state index contributed by atoms with van der Waals surface area (Å²) in [5.74, 6) is -2.56. The zero-order chi connectivity index (χ0) is 14.6. The van der Waals surface area contributed by atoms with Crippen molar-refractivity contribution < 1.29 is 23.9 Å². The first-order valence-corrected chi connectivity index (χ1v) is 5.73. The van der Waals surface area contributed by atoms with E-state index in [0.717, 1.165) is 6.26 Å². The molecule has 2 amide bonds. The second-order valence-corrected chi connectivity index (χ2v) is 4.56. The lowest BCUT2D eigenvalue weighted by molar-refractivity contribution is -0.139. The maximum Gasteiger partial charge on any atom is 0.326 e. The van der Waals surface area contributed by atoms with Gasteiger partial charge in [0.15, 0.2) is 5.76 Å². The van der Waals surface area contributed by atoms with Gasteiger partial charge in [0, 0.05) is 6.07 Å². The number of hydrogen-bond acceptors (Lipinski definition) is 4. The van der Waals surface area contributed by atoms with Crippen LogP contribution in [0.15, 0.2) is 16.7 Å². The number of carboxylic acid groups (broad SMARTS) is 1. The van der Waals surface area contributed by atoms with E-state index in [-0.39, 0.29) is 17.2 Å². The Morgan fingerprint density at radius 1 is 1.42 bits per heavy atom. The van der Waals surface area contributed by atoms with Crippen molar-refractivity contribution in [3.8, 4) is 0 Å². The summed E-state index contributed by atoms with van der Waals surface area (Å²) in [6, 6.07) is 0.186. The smallest absolute Gasteiger partial charge is 0.326 e. The number of carbonyl (C=O) groups is 3. The van der Waals surface area contributed by atoms with Crippen LogP contribution in [0.4, 0.5) is 0 Å². The number of hydrogen-bond donors (Lipinski definition) is 3. The second-order valence-electron chi connectivity index (χ2n) is 4.56. The fourth-order valence-electron chi connectivity index (χ4n) is 1.52. The molecule has 7 heteroatoms. The van der Waals surface area contributed by atoms with Gasteiger partial charge in [0.05, 0.1) is 5.56 Å². The molecule has 0 aliphatic heterocycles. The van der Waals surface area contributed by atoms with Crippen molar-refractivity contribution >= 4 is 17.8 Å². The Balaban J connectivity index is 2.75. The minimum atomic E-state index is -1.11. The predicted octanol–water partition coefficient (Wildman–Crippen LogP) is 0.608. The fourth-order valence-corrected chi connectivity index (χ4v) is 1.52. The third kappa shape index (κ3) is 4.13. The Bertz CT molecular complexity index is 492. The molecule has 4 N–H and O–H groups in total. The Morgan fingerprint density at radius 3 is 2.47 bits per heavy atom. The summed E-state index contributed by atoms with van der Waals surface area (Å²) in [6.07, 6.45) is 1.37. The van der Waals surface area contributed by atoms with Crippen LogP contribution in [0, 0.1) is 5.92 Å². The molecule has 0 saturated heterocycles. The van der Waals surface area contributed by atoms with Crippen molar-refractivity contribution in [2.75, 3.05) is 0 Å². The van der Waals surface area contributed by atoms with Crippen LogP contribution in [0.1, 0.15) is 41.2 Å². The molecular formula is C12H16N2O5. The molecule has 7 nitrogen and oxygen atoms in total. The molecule has 1 atom stereocenters. The van der Waals surface area contributed by atoms with E-state index in [0.29, 0.717) is 6.42 Å². The summed E-state index contributed by atoms with van der Waals surface area (Å²) < 4.78 is 4.79. The lowest BCUT2D eigenvalue weighted by Gasteiger charge is -2.15. The average Bonchev–Trinajstić information content (AvgIpc) is 2.76. The van der Waals surface area contributed by atoms with Crippen LogP contribution in [-0.4, -0.2) is 28.9 Å². The zero-order valence-corrected chi connectivity index (χ0v) is 10.7. The topological polar surface area (TPSA) is 123 Å². The normalized spacial score (nSPS) is 12.2. The molecule has 1 aromatic heterocycles. The number of nitrogens with one attached hydrogen (secondary N) is 1. The van der Waals surface area contributed by atoms with Crippen LogP contribution >= 0.6 is 0 Å². The Morgan fingerprint density at radius 2 is 2.05 bits per heavy atom. The van der Waals surface area contributed by atoms with Crippen molar-refractivity contribution in [2.24, 2.45) is 11.7 Å². The van der Waals surface area contributed by atoms with Crippen LogP contribution in [0.2, 0.25) is 0 Å². The zero-order valence-electron chi connectivity index (χ0n) is 10.7. The third-order valence-electron chi connectivity index (χ3n) is 2.42. The predicted molar refractivity (Wildman–Crippen MR) is 65.6 cm³/mol. The van der Waals surface area contributed by atoms with Crippen LogP contribution < -0.4 is 11.1 Å². The van der Waals surface area contributed by atoms with E-state index < -0.39 is 23.8 Å². The summed E-state index contributed by atoms with van der Waals surface area (Å²) in [6.45, 7) is 3.70. The van der Waals surface area contributed by atoms with Crippen LogP contribution in [0.3, 0.4) is 0 Å². The number of primary amides is 1. The molecule has 0 bridgehead atoms. The van der Waals surface area contributed by atoms with E-state index in [1.165, 1.54) is 6.07 Å². The molecule has 0 saturated carbocycles. The standard InChI is InChI=1S/C12H16N2O5/c1-6(2)3-8(12(17)18)14-11(16)7-4-9(10(13)15)19-5-7/h4-6,8H,3H2,1-2H3,(H2,13,15)(H,14,16)(H,17,18)/t8-/m1/s1. The molecule has 1 aromatic rings. The average molecular weight is 268 g/mol. The van der Waals surface area contributed by atoms with Gasteiger partial charge in [0.1, 0.15) is 12.3 Å². The molecule has 0 aromatic carbocycles. The van der Waals surface area contributed by atoms with Gasteiger partial charge >= 0.3 is 5.97 Å². The number of nitrogens with two attached hydrogens (primary N) is 1. The molecule has 1 heterocycles. The first-order chi connectivity index (χ1) is 8.81. The molecule has 0 radical (unpaired) electrons. The highest BCUT2D eigenvalue weighted by atomic mass is 16.4. The van der Waals surface area contributed by atoms with E-state index in [9.17, 15) is 14.4 Å². The maximum absolute atomic E-state index is 11.8. The van der Waals surface area contributed by atoms with Crippen molar-refractivity contribution in [1.29, 1.82) is 0 Å². The van der Waals surface area contributed by atoms with E-state index >= 15 is 0 Å².